The second-order valence-electron chi connectivity index (χ2n) is 12.9. The Labute approximate surface area is 295 Å². The fourth-order valence-corrected chi connectivity index (χ4v) is 4.81. The predicted octanol–water partition coefficient (Wildman–Crippen LogP) is 8.20. The topological polar surface area (TPSA) is 123 Å². The lowest BCUT2D eigenvalue weighted by Crippen LogP contribution is -2.54. The van der Waals surface area contributed by atoms with Crippen LogP contribution >= 0.6 is 11.6 Å². The summed E-state index contributed by atoms with van der Waals surface area (Å²) in [6.07, 6.45) is -11.2. The van der Waals surface area contributed by atoms with Crippen LogP contribution in [0.5, 0.6) is 5.75 Å². The third-order valence-corrected chi connectivity index (χ3v) is 7.08. The zero-order valence-corrected chi connectivity index (χ0v) is 28.8. The van der Waals surface area contributed by atoms with Crippen LogP contribution in [0, 0.1) is 5.92 Å². The van der Waals surface area contributed by atoms with Gasteiger partial charge in [-0.15, -0.1) is 0 Å². The number of benzene rings is 3. The van der Waals surface area contributed by atoms with Gasteiger partial charge in [0.05, 0.1) is 16.7 Å². The summed E-state index contributed by atoms with van der Waals surface area (Å²) in [5, 5.41) is 6.98. The van der Waals surface area contributed by atoms with Gasteiger partial charge < -0.3 is 25.4 Å². The van der Waals surface area contributed by atoms with Crippen molar-refractivity contribution in [2.24, 2.45) is 5.92 Å². The van der Waals surface area contributed by atoms with Crippen LogP contribution in [-0.2, 0) is 33.1 Å². The van der Waals surface area contributed by atoms with E-state index in [0.29, 0.717) is 17.7 Å². The first kappa shape index (κ1) is 40.6. The van der Waals surface area contributed by atoms with Crippen LogP contribution < -0.4 is 20.7 Å². The number of amides is 3. The molecule has 0 fully saturated rings. The van der Waals surface area contributed by atoms with Gasteiger partial charge in [-0.05, 0) is 75.1 Å². The molecule has 1 unspecified atom stereocenters. The summed E-state index contributed by atoms with van der Waals surface area (Å²) in [7, 11) is 0. The van der Waals surface area contributed by atoms with Crippen molar-refractivity contribution < 1.29 is 55.0 Å². The minimum Gasteiger partial charge on any atom is -0.444 e. The number of nitrogens with one attached hydrogen (secondary N) is 3. The van der Waals surface area contributed by atoms with E-state index >= 15 is 0 Å². The standard InChI is InChI=1S/C35H36ClF6N3O6/c1-19(2)13-26(45-32(49)51-33(3,4)5)30(47)44-27(14-20-9-7-6-8-10-20)31(48)50-28-12-11-23(36)18-25(28)29(46)43-24-16-21(34(37,38)39)15-22(17-24)35(40,41)42/h6-12,15-19,26-27H,13-14H2,1-5H3,(H,43,46)(H,44,47)(H,45,49)/t26-,27?/m0/s1. The molecule has 0 saturated heterocycles. The first-order valence-corrected chi connectivity index (χ1v) is 15.9. The molecule has 2 atom stereocenters. The molecule has 0 bridgehead atoms. The van der Waals surface area contributed by atoms with Crippen LogP contribution in [0.15, 0.2) is 66.7 Å². The molecule has 276 valence electrons. The van der Waals surface area contributed by atoms with Gasteiger partial charge in [0, 0.05) is 17.1 Å². The molecule has 0 heterocycles. The number of carbonyl (C=O) groups excluding carboxylic acids is 4. The molecule has 3 aromatic rings. The zero-order chi connectivity index (χ0) is 38.3. The number of hydrogen-bond donors (Lipinski definition) is 3. The second kappa shape index (κ2) is 16.5. The van der Waals surface area contributed by atoms with Crippen LogP contribution in [0.2, 0.25) is 5.02 Å². The minimum absolute atomic E-state index is 0.0844. The molecule has 0 radical (unpaired) electrons. The number of alkyl carbamates (subject to hydrolysis) is 1. The van der Waals surface area contributed by atoms with Gasteiger partial charge in [0.2, 0.25) is 5.91 Å². The van der Waals surface area contributed by atoms with Crippen molar-refractivity contribution in [1.29, 1.82) is 0 Å². The Kier molecular flexibility index (Phi) is 13.1. The van der Waals surface area contributed by atoms with Crippen LogP contribution in [0.3, 0.4) is 0 Å². The van der Waals surface area contributed by atoms with Crippen LogP contribution in [0.1, 0.15) is 68.1 Å². The highest BCUT2D eigenvalue weighted by Gasteiger charge is 2.37. The lowest BCUT2D eigenvalue weighted by molar-refractivity contribution is -0.143. The van der Waals surface area contributed by atoms with E-state index in [1.54, 1.807) is 51.1 Å². The average molecular weight is 744 g/mol. The molecule has 0 spiro atoms. The molecule has 0 aliphatic rings. The SMILES string of the molecule is CC(C)C[C@H](NC(=O)OC(C)(C)C)C(=O)NC(Cc1ccccc1)C(=O)Oc1ccc(Cl)cc1C(=O)Nc1cc(C(F)(F)F)cc(C(F)(F)F)c1. The van der Waals surface area contributed by atoms with Crippen molar-refractivity contribution >= 4 is 41.2 Å². The van der Waals surface area contributed by atoms with Crippen molar-refractivity contribution in [3.05, 3.63) is 94.0 Å². The Balaban J connectivity index is 1.94. The maximum atomic E-state index is 13.7. The van der Waals surface area contributed by atoms with E-state index < -0.39 is 82.0 Å². The highest BCUT2D eigenvalue weighted by Crippen LogP contribution is 2.38. The summed E-state index contributed by atoms with van der Waals surface area (Å²) in [6.45, 7) is 8.54. The maximum Gasteiger partial charge on any atom is 0.416 e. The molecule has 3 aromatic carbocycles. The van der Waals surface area contributed by atoms with E-state index in [0.717, 1.165) is 12.1 Å². The number of esters is 1. The van der Waals surface area contributed by atoms with Gasteiger partial charge in [-0.2, -0.15) is 26.3 Å². The van der Waals surface area contributed by atoms with E-state index in [-0.39, 0.29) is 29.8 Å². The van der Waals surface area contributed by atoms with E-state index in [1.165, 1.54) is 6.07 Å². The molecule has 9 nitrogen and oxygen atoms in total. The molecule has 51 heavy (non-hydrogen) atoms. The Hall–Kier alpha value is -4.79. The number of alkyl halides is 6. The molecule has 16 heteroatoms. The number of ether oxygens (including phenoxy) is 2. The molecular formula is C35H36ClF6N3O6. The molecule has 3 rings (SSSR count). The van der Waals surface area contributed by atoms with Crippen molar-refractivity contribution in [1.82, 2.24) is 10.6 Å². The van der Waals surface area contributed by atoms with E-state index in [9.17, 15) is 45.5 Å². The quantitative estimate of drug-likeness (QED) is 0.103. The molecule has 0 aromatic heterocycles. The number of hydrogen-bond acceptors (Lipinski definition) is 6. The van der Waals surface area contributed by atoms with Crippen molar-refractivity contribution in [3.63, 3.8) is 0 Å². The van der Waals surface area contributed by atoms with E-state index in [1.807, 2.05) is 19.2 Å². The summed E-state index contributed by atoms with van der Waals surface area (Å²) in [5.41, 5.74) is -4.98. The summed E-state index contributed by atoms with van der Waals surface area (Å²) in [6, 6.07) is 9.71. The third kappa shape index (κ3) is 12.8. The van der Waals surface area contributed by atoms with Crippen molar-refractivity contribution in [2.45, 2.75) is 77.5 Å². The van der Waals surface area contributed by atoms with Crippen molar-refractivity contribution in [2.75, 3.05) is 5.32 Å². The molecular weight excluding hydrogens is 708 g/mol. The minimum atomic E-state index is -5.17. The largest absolute Gasteiger partial charge is 0.444 e. The monoisotopic (exact) mass is 743 g/mol. The fourth-order valence-electron chi connectivity index (χ4n) is 4.64. The van der Waals surface area contributed by atoms with E-state index in [2.05, 4.69) is 10.6 Å². The molecule has 0 aliphatic carbocycles. The second-order valence-corrected chi connectivity index (χ2v) is 13.3. The van der Waals surface area contributed by atoms with E-state index in [4.69, 9.17) is 21.1 Å². The summed E-state index contributed by atoms with van der Waals surface area (Å²) in [4.78, 5) is 53.0. The highest BCUT2D eigenvalue weighted by molar-refractivity contribution is 6.31. The Morgan fingerprint density at radius 1 is 0.784 bits per heavy atom. The normalized spacial score (nSPS) is 13.2. The van der Waals surface area contributed by atoms with Gasteiger partial charge in [-0.3, -0.25) is 9.59 Å². The summed E-state index contributed by atoms with van der Waals surface area (Å²) < 4.78 is 91.2. The lowest BCUT2D eigenvalue weighted by Gasteiger charge is -2.26. The zero-order valence-electron chi connectivity index (χ0n) is 28.1. The molecule has 0 saturated carbocycles. The Bertz CT molecular complexity index is 1690. The number of carbonyl (C=O) groups is 4. The fraction of sp³-hybridized carbons (Fsp3) is 0.371. The smallest absolute Gasteiger partial charge is 0.416 e. The van der Waals surface area contributed by atoms with Crippen LogP contribution in [0.4, 0.5) is 36.8 Å². The molecule has 3 amide bonds. The summed E-state index contributed by atoms with van der Waals surface area (Å²) in [5.74, 6) is -3.67. The Morgan fingerprint density at radius 2 is 1.37 bits per heavy atom. The van der Waals surface area contributed by atoms with Gasteiger partial charge in [-0.25, -0.2) is 9.59 Å². The van der Waals surface area contributed by atoms with Gasteiger partial charge in [0.15, 0.2) is 0 Å². The predicted molar refractivity (Wildman–Crippen MR) is 176 cm³/mol. The average Bonchev–Trinajstić information content (AvgIpc) is 2.99. The van der Waals surface area contributed by atoms with Gasteiger partial charge >= 0.3 is 24.4 Å². The number of halogens is 7. The lowest BCUT2D eigenvalue weighted by atomic mass is 10.0. The van der Waals surface area contributed by atoms with Gasteiger partial charge in [-0.1, -0.05) is 55.8 Å². The first-order valence-electron chi connectivity index (χ1n) is 15.5. The number of anilines is 1. The van der Waals surface area contributed by atoms with Gasteiger partial charge in [0.1, 0.15) is 23.4 Å². The van der Waals surface area contributed by atoms with Crippen LogP contribution in [-0.4, -0.2) is 41.6 Å². The third-order valence-electron chi connectivity index (χ3n) is 6.84. The number of rotatable bonds is 11. The van der Waals surface area contributed by atoms with Crippen LogP contribution in [0.25, 0.3) is 0 Å². The summed E-state index contributed by atoms with van der Waals surface area (Å²) >= 11 is 6.05. The highest BCUT2D eigenvalue weighted by atomic mass is 35.5. The maximum absolute atomic E-state index is 13.7. The first-order chi connectivity index (χ1) is 23.5. The molecule has 0 aliphatic heterocycles. The van der Waals surface area contributed by atoms with Gasteiger partial charge in [0.25, 0.3) is 5.91 Å². The van der Waals surface area contributed by atoms with Crippen molar-refractivity contribution in [3.8, 4) is 5.75 Å². The Morgan fingerprint density at radius 3 is 1.90 bits per heavy atom. The molecule has 3 N–H and O–H groups in total.